The average molecular weight is 263 g/mol. The molecule has 0 radical (unpaired) electrons. The molecule has 18 heavy (non-hydrogen) atoms. The van der Waals surface area contributed by atoms with Crippen molar-refractivity contribution in [3.63, 3.8) is 0 Å². The largest absolute Gasteiger partial charge is 0.392 e. The predicted octanol–water partition coefficient (Wildman–Crippen LogP) is 2.94. The van der Waals surface area contributed by atoms with E-state index in [-0.39, 0.29) is 6.61 Å². The highest BCUT2D eigenvalue weighted by Gasteiger charge is 2.35. The van der Waals surface area contributed by atoms with Crippen LogP contribution in [-0.4, -0.2) is 17.2 Å². The lowest BCUT2D eigenvalue weighted by atomic mass is 9.90. The molecule has 0 saturated heterocycles. The Hall–Kier alpha value is -1.23. The number of nitrogens with zero attached hydrogens (tertiary/aromatic N) is 1. The molecule has 0 fully saturated rings. The van der Waals surface area contributed by atoms with Crippen LogP contribution in [0.2, 0.25) is 0 Å². The number of aliphatic hydroxyl groups excluding tert-OH is 1. The van der Waals surface area contributed by atoms with Crippen molar-refractivity contribution in [3.8, 4) is 0 Å². The van der Waals surface area contributed by atoms with Crippen LogP contribution < -0.4 is 0 Å². The molecular formula is C14H17NO2S. The summed E-state index contributed by atoms with van der Waals surface area (Å²) in [6.07, 6.45) is 2.59. The number of methoxy groups -OCH3 is 1. The van der Waals surface area contributed by atoms with E-state index < -0.39 is 5.60 Å². The van der Waals surface area contributed by atoms with Gasteiger partial charge < -0.3 is 9.84 Å². The van der Waals surface area contributed by atoms with E-state index in [0.29, 0.717) is 0 Å². The van der Waals surface area contributed by atoms with Crippen molar-refractivity contribution in [1.82, 2.24) is 4.98 Å². The SMILES string of the molecule is CCC(OC)(c1cccc(CO)c1)c1nccs1. The molecule has 0 aliphatic heterocycles. The Morgan fingerprint density at radius 1 is 1.44 bits per heavy atom. The Bertz CT molecular complexity index is 492. The number of aromatic nitrogens is 1. The Balaban J connectivity index is 2.53. The molecule has 96 valence electrons. The van der Waals surface area contributed by atoms with Gasteiger partial charge in [0.2, 0.25) is 0 Å². The van der Waals surface area contributed by atoms with Crippen molar-refractivity contribution in [2.45, 2.75) is 25.6 Å². The van der Waals surface area contributed by atoms with Crippen molar-refractivity contribution in [2.24, 2.45) is 0 Å². The van der Waals surface area contributed by atoms with Crippen LogP contribution in [0.1, 0.15) is 29.5 Å². The zero-order chi connectivity index (χ0) is 13.0. The van der Waals surface area contributed by atoms with E-state index in [1.54, 1.807) is 24.6 Å². The van der Waals surface area contributed by atoms with Gasteiger partial charge in [-0.05, 0) is 17.5 Å². The van der Waals surface area contributed by atoms with Gasteiger partial charge in [0.05, 0.1) is 6.61 Å². The maximum atomic E-state index is 9.25. The number of hydrogen-bond acceptors (Lipinski definition) is 4. The fraction of sp³-hybridized carbons (Fsp3) is 0.357. The summed E-state index contributed by atoms with van der Waals surface area (Å²) in [7, 11) is 1.70. The van der Waals surface area contributed by atoms with Crippen LogP contribution in [0.3, 0.4) is 0 Å². The third-order valence-corrected chi connectivity index (χ3v) is 4.12. The summed E-state index contributed by atoms with van der Waals surface area (Å²) < 4.78 is 5.78. The number of thiazole rings is 1. The molecule has 1 aromatic carbocycles. The van der Waals surface area contributed by atoms with Gasteiger partial charge in [-0.3, -0.25) is 0 Å². The van der Waals surface area contributed by atoms with Crippen LogP contribution in [0.4, 0.5) is 0 Å². The number of ether oxygens (including phenoxy) is 1. The topological polar surface area (TPSA) is 42.4 Å². The summed E-state index contributed by atoms with van der Waals surface area (Å²) >= 11 is 1.59. The van der Waals surface area contributed by atoms with Crippen LogP contribution >= 0.6 is 11.3 Å². The van der Waals surface area contributed by atoms with Crippen molar-refractivity contribution < 1.29 is 9.84 Å². The first kappa shape index (κ1) is 13.2. The highest BCUT2D eigenvalue weighted by atomic mass is 32.1. The van der Waals surface area contributed by atoms with E-state index in [2.05, 4.69) is 11.9 Å². The minimum atomic E-state index is -0.515. The summed E-state index contributed by atoms with van der Waals surface area (Å²) in [6.45, 7) is 2.12. The van der Waals surface area contributed by atoms with Gasteiger partial charge >= 0.3 is 0 Å². The average Bonchev–Trinajstić information content (AvgIpc) is 2.96. The highest BCUT2D eigenvalue weighted by Crippen LogP contribution is 2.37. The van der Waals surface area contributed by atoms with Gasteiger partial charge in [-0.1, -0.05) is 31.2 Å². The van der Waals surface area contributed by atoms with Crippen LogP contribution in [0.25, 0.3) is 0 Å². The summed E-state index contributed by atoms with van der Waals surface area (Å²) in [5.41, 5.74) is 1.41. The minimum Gasteiger partial charge on any atom is -0.392 e. The fourth-order valence-electron chi connectivity index (χ4n) is 2.17. The molecule has 1 atom stereocenters. The zero-order valence-electron chi connectivity index (χ0n) is 10.6. The third-order valence-electron chi connectivity index (χ3n) is 3.20. The summed E-state index contributed by atoms with van der Waals surface area (Å²) in [6, 6.07) is 7.85. The molecule has 0 aliphatic rings. The van der Waals surface area contributed by atoms with Crippen LogP contribution in [-0.2, 0) is 16.9 Å². The zero-order valence-corrected chi connectivity index (χ0v) is 11.4. The van der Waals surface area contributed by atoms with Gasteiger partial charge in [-0.25, -0.2) is 4.98 Å². The van der Waals surface area contributed by atoms with E-state index >= 15 is 0 Å². The standard InChI is InChI=1S/C14H17NO2S/c1-3-14(17-2,13-15-7-8-18-13)12-6-4-5-11(9-12)10-16/h4-9,16H,3,10H2,1-2H3. The summed E-state index contributed by atoms with van der Waals surface area (Å²) in [5.74, 6) is 0. The smallest absolute Gasteiger partial charge is 0.144 e. The normalized spacial score (nSPS) is 14.4. The van der Waals surface area contributed by atoms with E-state index in [4.69, 9.17) is 4.74 Å². The molecule has 3 nitrogen and oxygen atoms in total. The second kappa shape index (κ2) is 5.61. The maximum absolute atomic E-state index is 9.25. The molecule has 1 unspecified atom stereocenters. The van der Waals surface area contributed by atoms with Crippen LogP contribution in [0, 0.1) is 0 Å². The number of rotatable bonds is 5. The lowest BCUT2D eigenvalue weighted by Gasteiger charge is -2.30. The molecule has 0 bridgehead atoms. The molecule has 1 heterocycles. The number of hydrogen-bond donors (Lipinski definition) is 1. The van der Waals surface area contributed by atoms with E-state index in [9.17, 15) is 5.11 Å². The first-order valence-corrected chi connectivity index (χ1v) is 6.80. The van der Waals surface area contributed by atoms with Crippen molar-refractivity contribution in [2.75, 3.05) is 7.11 Å². The Morgan fingerprint density at radius 3 is 2.83 bits per heavy atom. The molecule has 0 amide bonds. The van der Waals surface area contributed by atoms with Gasteiger partial charge in [0.1, 0.15) is 10.6 Å². The Labute approximate surface area is 111 Å². The van der Waals surface area contributed by atoms with Crippen molar-refractivity contribution in [1.29, 1.82) is 0 Å². The second-order valence-electron chi connectivity index (χ2n) is 4.08. The lowest BCUT2D eigenvalue weighted by Crippen LogP contribution is -2.29. The quantitative estimate of drug-likeness (QED) is 0.902. The molecule has 2 aromatic rings. The Morgan fingerprint density at radius 2 is 2.28 bits per heavy atom. The van der Waals surface area contributed by atoms with E-state index in [1.807, 2.05) is 29.6 Å². The molecular weight excluding hydrogens is 246 g/mol. The minimum absolute atomic E-state index is 0.0369. The monoisotopic (exact) mass is 263 g/mol. The molecule has 1 aromatic heterocycles. The molecule has 0 saturated carbocycles. The molecule has 2 rings (SSSR count). The third kappa shape index (κ3) is 2.19. The fourth-order valence-corrected chi connectivity index (χ4v) is 3.08. The number of benzene rings is 1. The van der Waals surface area contributed by atoms with Gasteiger partial charge in [0, 0.05) is 18.7 Å². The Kier molecular flexibility index (Phi) is 4.11. The van der Waals surface area contributed by atoms with E-state index in [1.165, 1.54) is 0 Å². The first-order valence-electron chi connectivity index (χ1n) is 5.92. The summed E-state index contributed by atoms with van der Waals surface area (Å²) in [4.78, 5) is 4.39. The summed E-state index contributed by atoms with van der Waals surface area (Å²) in [5, 5.41) is 12.1. The molecule has 0 spiro atoms. The molecule has 4 heteroatoms. The van der Waals surface area contributed by atoms with Gasteiger partial charge in [-0.2, -0.15) is 0 Å². The van der Waals surface area contributed by atoms with Gasteiger partial charge in [0.15, 0.2) is 0 Å². The predicted molar refractivity (Wildman–Crippen MR) is 72.6 cm³/mol. The molecule has 0 aliphatic carbocycles. The van der Waals surface area contributed by atoms with Crippen molar-refractivity contribution >= 4 is 11.3 Å². The van der Waals surface area contributed by atoms with Crippen molar-refractivity contribution in [3.05, 3.63) is 52.0 Å². The second-order valence-corrected chi connectivity index (χ2v) is 4.98. The van der Waals surface area contributed by atoms with Gasteiger partial charge in [-0.15, -0.1) is 11.3 Å². The van der Waals surface area contributed by atoms with Crippen LogP contribution in [0.5, 0.6) is 0 Å². The maximum Gasteiger partial charge on any atom is 0.144 e. The van der Waals surface area contributed by atoms with Gasteiger partial charge in [0.25, 0.3) is 0 Å². The first-order chi connectivity index (χ1) is 8.76. The highest BCUT2D eigenvalue weighted by molar-refractivity contribution is 7.09. The van der Waals surface area contributed by atoms with E-state index in [0.717, 1.165) is 22.6 Å². The molecule has 1 N–H and O–H groups in total. The number of aliphatic hydroxyl groups is 1. The van der Waals surface area contributed by atoms with Crippen LogP contribution in [0.15, 0.2) is 35.8 Å². The lowest BCUT2D eigenvalue weighted by molar-refractivity contribution is 0.0183.